The molecular weight excluding hydrogens is 580 g/mol. The van der Waals surface area contributed by atoms with Crippen molar-refractivity contribution in [1.82, 2.24) is 14.5 Å². The zero-order valence-corrected chi connectivity index (χ0v) is 25.8. The molecule has 0 spiro atoms. The number of hydrogen-bond donors (Lipinski definition) is 1. The SMILES string of the molecule is CCOC(=O)c1c(-c2ccc(Cl)cc2)csc1NC(=O)Cn1c(CN(CC)CC)nc2sc3c(c2c1=O)CCCC3. The van der Waals surface area contributed by atoms with Crippen molar-refractivity contribution in [3.8, 4) is 11.1 Å². The Morgan fingerprint density at radius 3 is 2.56 bits per heavy atom. The van der Waals surface area contributed by atoms with Gasteiger partial charge in [-0.3, -0.25) is 19.1 Å². The van der Waals surface area contributed by atoms with Gasteiger partial charge in [0.15, 0.2) is 0 Å². The first-order chi connectivity index (χ1) is 19.8. The Hall–Kier alpha value is -3.05. The molecule has 0 atom stereocenters. The summed E-state index contributed by atoms with van der Waals surface area (Å²) in [5.74, 6) is -0.367. The third-order valence-electron chi connectivity index (χ3n) is 7.39. The Morgan fingerprint density at radius 2 is 1.85 bits per heavy atom. The number of benzene rings is 1. The molecule has 1 aromatic carbocycles. The molecule has 0 saturated carbocycles. The molecule has 3 aromatic heterocycles. The summed E-state index contributed by atoms with van der Waals surface area (Å²) in [5.41, 5.74) is 2.62. The summed E-state index contributed by atoms with van der Waals surface area (Å²) >= 11 is 8.92. The molecule has 3 heterocycles. The van der Waals surface area contributed by atoms with Crippen molar-refractivity contribution in [2.45, 2.75) is 59.5 Å². The normalized spacial score (nSPS) is 13.0. The van der Waals surface area contributed by atoms with Crippen LogP contribution in [0.3, 0.4) is 0 Å². The van der Waals surface area contributed by atoms with Crippen molar-refractivity contribution in [3.05, 3.63) is 66.9 Å². The lowest BCUT2D eigenvalue weighted by Gasteiger charge is -2.20. The van der Waals surface area contributed by atoms with Crippen LogP contribution in [0.4, 0.5) is 5.00 Å². The third-order valence-corrected chi connectivity index (χ3v) is 9.73. The number of hydrogen-bond acceptors (Lipinski definition) is 8. The van der Waals surface area contributed by atoms with Crippen LogP contribution in [0.2, 0.25) is 5.02 Å². The Balaban J connectivity index is 1.51. The van der Waals surface area contributed by atoms with Gasteiger partial charge in [-0.25, -0.2) is 9.78 Å². The van der Waals surface area contributed by atoms with Crippen LogP contribution in [0.25, 0.3) is 21.3 Å². The number of carbonyl (C=O) groups excluding carboxylic acids is 2. The molecule has 1 aliphatic carbocycles. The molecule has 0 radical (unpaired) electrons. The van der Waals surface area contributed by atoms with Gasteiger partial charge < -0.3 is 10.1 Å². The molecule has 11 heteroatoms. The summed E-state index contributed by atoms with van der Waals surface area (Å²) in [6.07, 6.45) is 3.99. The van der Waals surface area contributed by atoms with E-state index in [0.29, 0.717) is 33.3 Å². The first-order valence-corrected chi connectivity index (χ1v) is 16.0. The van der Waals surface area contributed by atoms with E-state index in [9.17, 15) is 14.4 Å². The number of amides is 1. The van der Waals surface area contributed by atoms with E-state index < -0.39 is 11.9 Å². The second-order valence-corrected chi connectivity index (χ2v) is 12.3. The van der Waals surface area contributed by atoms with Gasteiger partial charge in [-0.2, -0.15) is 0 Å². The second-order valence-electron chi connectivity index (χ2n) is 9.90. The molecule has 8 nitrogen and oxygen atoms in total. The maximum Gasteiger partial charge on any atom is 0.341 e. The number of carbonyl (C=O) groups is 2. The quantitative estimate of drug-likeness (QED) is 0.209. The fourth-order valence-corrected chi connectivity index (χ4v) is 7.59. The molecular formula is C30H33ClN4O4S2. The van der Waals surface area contributed by atoms with Gasteiger partial charge in [-0.15, -0.1) is 22.7 Å². The molecule has 216 valence electrons. The van der Waals surface area contributed by atoms with E-state index in [1.165, 1.54) is 20.8 Å². The fraction of sp³-hybridized carbons (Fsp3) is 0.400. The van der Waals surface area contributed by atoms with E-state index >= 15 is 0 Å². The van der Waals surface area contributed by atoms with Gasteiger partial charge in [0.25, 0.3) is 5.56 Å². The maximum absolute atomic E-state index is 14.0. The van der Waals surface area contributed by atoms with Crippen LogP contribution in [0, 0.1) is 0 Å². The van der Waals surface area contributed by atoms with Crippen molar-refractivity contribution < 1.29 is 14.3 Å². The van der Waals surface area contributed by atoms with Crippen LogP contribution in [0.15, 0.2) is 34.4 Å². The molecule has 5 rings (SSSR count). The van der Waals surface area contributed by atoms with Crippen molar-refractivity contribution in [2.24, 2.45) is 0 Å². The van der Waals surface area contributed by atoms with Gasteiger partial charge in [0.05, 0.1) is 18.5 Å². The summed E-state index contributed by atoms with van der Waals surface area (Å²) in [6.45, 7) is 7.90. The summed E-state index contributed by atoms with van der Waals surface area (Å²) in [4.78, 5) is 49.6. The number of halogens is 1. The van der Waals surface area contributed by atoms with Crippen LogP contribution in [0.5, 0.6) is 0 Å². The van der Waals surface area contributed by atoms with Crippen LogP contribution >= 0.6 is 34.3 Å². The molecule has 0 unspecified atom stereocenters. The Morgan fingerprint density at radius 1 is 1.12 bits per heavy atom. The Labute approximate surface area is 251 Å². The first-order valence-electron chi connectivity index (χ1n) is 13.9. The highest BCUT2D eigenvalue weighted by molar-refractivity contribution is 7.18. The second kappa shape index (κ2) is 12.9. The molecule has 1 aliphatic rings. The number of aromatic nitrogens is 2. The first kappa shape index (κ1) is 29.4. The van der Waals surface area contributed by atoms with Crippen LogP contribution in [0.1, 0.15) is 60.2 Å². The number of esters is 1. The standard InChI is InChI=1S/C30H33ClN4O4S2/c1-4-34(5-2)15-23-32-28-25(20-9-7-8-10-22(20)41-28)29(37)35(23)16-24(36)33-27-26(30(38)39-6-3)21(17-40-27)18-11-13-19(31)14-12-18/h11-14,17H,4-10,15-16H2,1-3H3,(H,33,36). The highest BCUT2D eigenvalue weighted by Crippen LogP contribution is 2.37. The number of fused-ring (bicyclic) bond motifs is 3. The predicted octanol–water partition coefficient (Wildman–Crippen LogP) is 6.38. The van der Waals surface area contributed by atoms with Crippen molar-refractivity contribution in [1.29, 1.82) is 0 Å². The van der Waals surface area contributed by atoms with E-state index in [1.807, 2.05) is 17.5 Å². The van der Waals surface area contributed by atoms with Crippen molar-refractivity contribution >= 4 is 61.4 Å². The summed E-state index contributed by atoms with van der Waals surface area (Å²) in [5, 5.41) is 6.31. The number of ether oxygens (including phenoxy) is 1. The number of thiophene rings is 2. The number of nitrogens with zero attached hydrogens (tertiary/aromatic N) is 3. The Bertz CT molecular complexity index is 1640. The topological polar surface area (TPSA) is 93.5 Å². The lowest BCUT2D eigenvalue weighted by Crippen LogP contribution is -2.34. The molecule has 0 bridgehead atoms. The highest BCUT2D eigenvalue weighted by atomic mass is 35.5. The Kier molecular flexibility index (Phi) is 9.23. The third kappa shape index (κ3) is 6.11. The molecule has 0 saturated heterocycles. The van der Waals surface area contributed by atoms with Gasteiger partial charge in [0.2, 0.25) is 5.91 Å². The zero-order chi connectivity index (χ0) is 29.1. The average molecular weight is 613 g/mol. The number of aryl methyl sites for hydroxylation is 2. The number of rotatable bonds is 10. The molecule has 4 aromatic rings. The fourth-order valence-electron chi connectivity index (χ4n) is 5.22. The van der Waals surface area contributed by atoms with E-state index in [-0.39, 0.29) is 24.3 Å². The minimum Gasteiger partial charge on any atom is -0.462 e. The maximum atomic E-state index is 14.0. The van der Waals surface area contributed by atoms with E-state index in [2.05, 4.69) is 24.1 Å². The number of anilines is 1. The van der Waals surface area contributed by atoms with Gasteiger partial charge in [0, 0.05) is 20.8 Å². The van der Waals surface area contributed by atoms with Gasteiger partial charge in [0.1, 0.15) is 27.8 Å². The van der Waals surface area contributed by atoms with Crippen molar-refractivity contribution in [3.63, 3.8) is 0 Å². The van der Waals surface area contributed by atoms with E-state index in [4.69, 9.17) is 21.3 Å². The van der Waals surface area contributed by atoms with E-state index in [1.54, 1.807) is 30.4 Å². The van der Waals surface area contributed by atoms with Gasteiger partial charge in [-0.05, 0) is 69.0 Å². The lowest BCUT2D eigenvalue weighted by atomic mass is 9.97. The largest absolute Gasteiger partial charge is 0.462 e. The molecule has 1 N–H and O–H groups in total. The average Bonchev–Trinajstić information content (AvgIpc) is 3.55. The zero-order valence-electron chi connectivity index (χ0n) is 23.4. The van der Waals surface area contributed by atoms with Crippen LogP contribution < -0.4 is 10.9 Å². The monoisotopic (exact) mass is 612 g/mol. The van der Waals surface area contributed by atoms with E-state index in [0.717, 1.165) is 54.7 Å². The minimum atomic E-state index is -0.527. The van der Waals surface area contributed by atoms with Crippen LogP contribution in [-0.2, 0) is 35.5 Å². The smallest absolute Gasteiger partial charge is 0.341 e. The van der Waals surface area contributed by atoms with Crippen molar-refractivity contribution in [2.75, 3.05) is 25.0 Å². The molecule has 1 amide bonds. The number of nitrogens with one attached hydrogen (secondary N) is 1. The predicted molar refractivity (Wildman–Crippen MR) is 166 cm³/mol. The molecule has 41 heavy (non-hydrogen) atoms. The van der Waals surface area contributed by atoms with Gasteiger partial charge >= 0.3 is 5.97 Å². The molecule has 0 fully saturated rings. The van der Waals surface area contributed by atoms with Crippen LogP contribution in [-0.4, -0.2) is 46.0 Å². The lowest BCUT2D eigenvalue weighted by molar-refractivity contribution is -0.116. The van der Waals surface area contributed by atoms with Gasteiger partial charge in [-0.1, -0.05) is 37.6 Å². The summed E-state index contributed by atoms with van der Waals surface area (Å²) in [6, 6.07) is 7.14. The summed E-state index contributed by atoms with van der Waals surface area (Å²) < 4.78 is 6.84. The summed E-state index contributed by atoms with van der Waals surface area (Å²) in [7, 11) is 0. The minimum absolute atomic E-state index is 0.176. The molecule has 0 aliphatic heterocycles. The highest BCUT2D eigenvalue weighted by Gasteiger charge is 2.26.